The van der Waals surface area contributed by atoms with Gasteiger partial charge in [0.25, 0.3) is 5.91 Å². The molecule has 0 saturated carbocycles. The van der Waals surface area contributed by atoms with Gasteiger partial charge in [-0.3, -0.25) is 4.79 Å². The van der Waals surface area contributed by atoms with Crippen molar-refractivity contribution in [1.29, 1.82) is 0 Å². The standard InChI is InChI=1S/C15H14N2O2S/c1-17(12-5-7-13(18)8-6-12)15(19)11-4-2-3-10(9-11)14(16)20/h2-9,18H,1H3,(H2,16,20). The second kappa shape index (κ2) is 5.71. The molecule has 0 aliphatic carbocycles. The van der Waals surface area contributed by atoms with Gasteiger partial charge in [0.15, 0.2) is 0 Å². The number of thiocarbonyl (C=S) groups is 1. The van der Waals surface area contributed by atoms with Gasteiger partial charge in [0.2, 0.25) is 0 Å². The summed E-state index contributed by atoms with van der Waals surface area (Å²) in [6.07, 6.45) is 0. The highest BCUT2D eigenvalue weighted by molar-refractivity contribution is 7.80. The average Bonchev–Trinajstić information content (AvgIpc) is 2.46. The normalized spacial score (nSPS) is 10.1. The molecule has 2 aromatic rings. The first-order valence-electron chi connectivity index (χ1n) is 5.96. The maximum Gasteiger partial charge on any atom is 0.258 e. The van der Waals surface area contributed by atoms with Crippen LogP contribution in [0.5, 0.6) is 5.75 Å². The molecule has 0 atom stereocenters. The molecular formula is C15H14N2O2S. The third-order valence-corrected chi connectivity index (χ3v) is 3.17. The topological polar surface area (TPSA) is 66.6 Å². The monoisotopic (exact) mass is 286 g/mol. The Kier molecular flexibility index (Phi) is 4.00. The van der Waals surface area contributed by atoms with Gasteiger partial charge in [0, 0.05) is 23.9 Å². The van der Waals surface area contributed by atoms with Crippen LogP contribution in [0.2, 0.25) is 0 Å². The summed E-state index contributed by atoms with van der Waals surface area (Å²) in [4.78, 5) is 14.1. The molecule has 3 N–H and O–H groups in total. The smallest absolute Gasteiger partial charge is 0.258 e. The largest absolute Gasteiger partial charge is 0.508 e. The number of aromatic hydroxyl groups is 1. The first-order chi connectivity index (χ1) is 9.49. The van der Waals surface area contributed by atoms with Crippen molar-refractivity contribution in [3.05, 3.63) is 59.7 Å². The van der Waals surface area contributed by atoms with Gasteiger partial charge in [-0.1, -0.05) is 24.4 Å². The Morgan fingerprint density at radius 2 is 1.75 bits per heavy atom. The quantitative estimate of drug-likeness (QED) is 0.850. The minimum absolute atomic E-state index is 0.157. The predicted molar refractivity (Wildman–Crippen MR) is 83.2 cm³/mol. The molecule has 0 radical (unpaired) electrons. The summed E-state index contributed by atoms with van der Waals surface area (Å²) in [7, 11) is 1.67. The molecule has 2 aromatic carbocycles. The van der Waals surface area contributed by atoms with Gasteiger partial charge in [-0.25, -0.2) is 0 Å². The number of carbonyl (C=O) groups is 1. The summed E-state index contributed by atoms with van der Waals surface area (Å²) in [5.74, 6) is -0.0149. The van der Waals surface area contributed by atoms with Crippen LogP contribution in [0.4, 0.5) is 5.69 Å². The third-order valence-electron chi connectivity index (χ3n) is 2.94. The van der Waals surface area contributed by atoms with E-state index in [0.717, 1.165) is 0 Å². The Morgan fingerprint density at radius 1 is 1.15 bits per heavy atom. The average molecular weight is 286 g/mol. The lowest BCUT2D eigenvalue weighted by molar-refractivity contribution is 0.0993. The number of nitrogens with zero attached hydrogens (tertiary/aromatic N) is 1. The molecule has 0 aromatic heterocycles. The third kappa shape index (κ3) is 2.95. The molecule has 0 bridgehead atoms. The molecule has 2 rings (SSSR count). The fourth-order valence-electron chi connectivity index (χ4n) is 1.79. The van der Waals surface area contributed by atoms with Crippen molar-refractivity contribution < 1.29 is 9.90 Å². The van der Waals surface area contributed by atoms with Crippen molar-refractivity contribution in [2.24, 2.45) is 5.73 Å². The van der Waals surface area contributed by atoms with E-state index in [9.17, 15) is 9.90 Å². The number of anilines is 1. The Hall–Kier alpha value is -2.40. The molecule has 0 heterocycles. The van der Waals surface area contributed by atoms with Crippen molar-refractivity contribution in [2.45, 2.75) is 0 Å². The first-order valence-corrected chi connectivity index (χ1v) is 6.37. The Bertz CT molecular complexity index is 653. The van der Waals surface area contributed by atoms with Gasteiger partial charge in [0.1, 0.15) is 10.7 Å². The van der Waals surface area contributed by atoms with Gasteiger partial charge in [-0.2, -0.15) is 0 Å². The van der Waals surface area contributed by atoms with E-state index in [-0.39, 0.29) is 16.6 Å². The lowest BCUT2D eigenvalue weighted by atomic mass is 10.1. The van der Waals surface area contributed by atoms with Gasteiger partial charge >= 0.3 is 0 Å². The van der Waals surface area contributed by atoms with E-state index >= 15 is 0 Å². The summed E-state index contributed by atoms with van der Waals surface area (Å²) >= 11 is 4.91. The number of nitrogens with two attached hydrogens (primary N) is 1. The van der Waals surface area contributed by atoms with Gasteiger partial charge in [0.05, 0.1) is 0 Å². The summed E-state index contributed by atoms with van der Waals surface area (Å²) in [5, 5.41) is 9.26. The van der Waals surface area contributed by atoms with Crippen LogP contribution in [0.3, 0.4) is 0 Å². The summed E-state index contributed by atoms with van der Waals surface area (Å²) in [6, 6.07) is 13.3. The van der Waals surface area contributed by atoms with E-state index in [0.29, 0.717) is 16.8 Å². The van der Waals surface area contributed by atoms with Crippen molar-refractivity contribution >= 4 is 28.8 Å². The molecule has 5 heteroatoms. The number of phenols is 1. The van der Waals surface area contributed by atoms with E-state index in [2.05, 4.69) is 0 Å². The van der Waals surface area contributed by atoms with E-state index in [4.69, 9.17) is 18.0 Å². The Morgan fingerprint density at radius 3 is 2.35 bits per heavy atom. The number of benzene rings is 2. The van der Waals surface area contributed by atoms with E-state index < -0.39 is 0 Å². The molecule has 4 nitrogen and oxygen atoms in total. The fraction of sp³-hybridized carbons (Fsp3) is 0.0667. The lowest BCUT2D eigenvalue weighted by Gasteiger charge is -2.17. The maximum absolute atomic E-state index is 12.4. The van der Waals surface area contributed by atoms with Gasteiger partial charge in [-0.15, -0.1) is 0 Å². The number of carbonyl (C=O) groups excluding carboxylic acids is 1. The second-order valence-electron chi connectivity index (χ2n) is 4.33. The summed E-state index contributed by atoms with van der Waals surface area (Å²) < 4.78 is 0. The summed E-state index contributed by atoms with van der Waals surface area (Å²) in [6.45, 7) is 0. The van der Waals surface area contributed by atoms with Crippen molar-refractivity contribution in [3.63, 3.8) is 0 Å². The Labute approximate surface area is 122 Å². The minimum Gasteiger partial charge on any atom is -0.508 e. The molecule has 0 spiro atoms. The van der Waals surface area contributed by atoms with Crippen LogP contribution in [0.25, 0.3) is 0 Å². The Balaban J connectivity index is 2.28. The van der Waals surface area contributed by atoms with Gasteiger partial charge in [-0.05, 0) is 36.4 Å². The zero-order valence-electron chi connectivity index (χ0n) is 10.9. The molecule has 0 fully saturated rings. The highest BCUT2D eigenvalue weighted by Gasteiger charge is 2.14. The molecule has 0 unspecified atom stereocenters. The number of hydrogen-bond donors (Lipinski definition) is 2. The highest BCUT2D eigenvalue weighted by Crippen LogP contribution is 2.19. The SMILES string of the molecule is CN(C(=O)c1cccc(C(N)=S)c1)c1ccc(O)cc1. The van der Waals surface area contributed by atoms with Crippen molar-refractivity contribution in [1.82, 2.24) is 0 Å². The second-order valence-corrected chi connectivity index (χ2v) is 4.77. The fourth-order valence-corrected chi connectivity index (χ4v) is 1.92. The highest BCUT2D eigenvalue weighted by atomic mass is 32.1. The predicted octanol–water partition coefficient (Wildman–Crippen LogP) is 2.30. The van der Waals surface area contributed by atoms with Crippen LogP contribution < -0.4 is 10.6 Å². The molecule has 0 aliphatic rings. The van der Waals surface area contributed by atoms with Crippen molar-refractivity contribution in [3.8, 4) is 5.75 Å². The number of phenolic OH excluding ortho intramolecular Hbond substituents is 1. The van der Waals surface area contributed by atoms with Crippen LogP contribution in [-0.4, -0.2) is 23.0 Å². The maximum atomic E-state index is 12.4. The van der Waals surface area contributed by atoms with Crippen LogP contribution in [0.1, 0.15) is 15.9 Å². The van der Waals surface area contributed by atoms with Gasteiger partial charge < -0.3 is 15.7 Å². The van der Waals surface area contributed by atoms with Crippen LogP contribution >= 0.6 is 12.2 Å². The van der Waals surface area contributed by atoms with Crippen molar-refractivity contribution in [2.75, 3.05) is 11.9 Å². The molecule has 102 valence electrons. The van der Waals surface area contributed by atoms with E-state index in [1.807, 2.05) is 0 Å². The van der Waals surface area contributed by atoms with E-state index in [1.54, 1.807) is 43.4 Å². The zero-order valence-corrected chi connectivity index (χ0v) is 11.7. The summed E-state index contributed by atoms with van der Waals surface area (Å²) in [5.41, 5.74) is 7.42. The molecule has 0 saturated heterocycles. The first kappa shape index (κ1) is 14.0. The van der Waals surface area contributed by atoms with Crippen LogP contribution in [0.15, 0.2) is 48.5 Å². The van der Waals surface area contributed by atoms with Crippen LogP contribution in [0, 0.1) is 0 Å². The molecular weight excluding hydrogens is 272 g/mol. The number of hydrogen-bond acceptors (Lipinski definition) is 3. The molecule has 20 heavy (non-hydrogen) atoms. The molecule has 1 amide bonds. The lowest BCUT2D eigenvalue weighted by Crippen LogP contribution is -2.26. The minimum atomic E-state index is -0.172. The van der Waals surface area contributed by atoms with E-state index in [1.165, 1.54) is 17.0 Å². The number of amides is 1. The van der Waals surface area contributed by atoms with Crippen LogP contribution in [-0.2, 0) is 0 Å². The number of rotatable bonds is 3. The zero-order chi connectivity index (χ0) is 14.7. The molecule has 0 aliphatic heterocycles.